The van der Waals surface area contributed by atoms with E-state index in [1.165, 1.54) is 0 Å². The number of aromatic amines is 1. The molecule has 0 radical (unpaired) electrons. The van der Waals surface area contributed by atoms with Crippen LogP contribution in [0.4, 0.5) is 8.78 Å². The third-order valence-corrected chi connectivity index (χ3v) is 3.94. The molecule has 7 nitrogen and oxygen atoms in total. The van der Waals surface area contributed by atoms with Crippen molar-refractivity contribution in [3.05, 3.63) is 47.2 Å². The quantitative estimate of drug-likeness (QED) is 0.757. The fourth-order valence-corrected chi connectivity index (χ4v) is 2.63. The van der Waals surface area contributed by atoms with Gasteiger partial charge in [-0.1, -0.05) is 6.07 Å². The number of nitrogens with zero attached hydrogens (tertiary/aromatic N) is 1. The third-order valence-electron chi connectivity index (χ3n) is 2.57. The lowest BCUT2D eigenvalue weighted by atomic mass is 10.2. The topological polar surface area (TPSA) is 112 Å². The molecule has 0 aliphatic carbocycles. The molecule has 0 saturated carbocycles. The first-order valence-corrected chi connectivity index (χ1v) is 7.00. The van der Waals surface area contributed by atoms with Crippen molar-refractivity contribution >= 4 is 16.0 Å². The number of aromatic carboxylic acids is 1. The van der Waals surface area contributed by atoms with Crippen LogP contribution in [0.5, 0.6) is 0 Å². The first kappa shape index (κ1) is 15.1. The van der Waals surface area contributed by atoms with Crippen LogP contribution in [0.15, 0.2) is 29.4 Å². The maximum absolute atomic E-state index is 13.4. The van der Waals surface area contributed by atoms with Crippen LogP contribution in [0.1, 0.15) is 15.9 Å². The van der Waals surface area contributed by atoms with Crippen molar-refractivity contribution in [2.24, 2.45) is 0 Å². The highest BCUT2D eigenvalue weighted by atomic mass is 32.2. The summed E-state index contributed by atoms with van der Waals surface area (Å²) < 4.78 is 52.0. The Kier molecular flexibility index (Phi) is 4.00. The molecule has 1 aromatic heterocycles. The average molecular weight is 317 g/mol. The Hall–Kier alpha value is -2.33. The summed E-state index contributed by atoms with van der Waals surface area (Å²) >= 11 is 0. The van der Waals surface area contributed by atoms with E-state index in [0.717, 1.165) is 18.3 Å². The first-order valence-electron chi connectivity index (χ1n) is 5.51. The minimum Gasteiger partial charge on any atom is -0.478 e. The number of aromatic nitrogens is 2. The molecule has 3 N–H and O–H groups in total. The Morgan fingerprint density at radius 3 is 2.71 bits per heavy atom. The SMILES string of the molecule is O=C(O)c1cn[nH]c1S(=O)(=O)NCc1ccc(F)cc1F. The molecule has 1 heterocycles. The third kappa shape index (κ3) is 3.23. The lowest BCUT2D eigenvalue weighted by Crippen LogP contribution is -2.25. The van der Waals surface area contributed by atoms with Crippen molar-refractivity contribution in [3.8, 4) is 0 Å². The molecule has 0 bridgehead atoms. The first-order chi connectivity index (χ1) is 9.81. The summed E-state index contributed by atoms with van der Waals surface area (Å²) in [5, 5.41) is 13.6. The largest absolute Gasteiger partial charge is 0.478 e. The fourth-order valence-electron chi connectivity index (χ4n) is 1.54. The summed E-state index contributed by atoms with van der Waals surface area (Å²) in [6, 6.07) is 2.67. The predicted octanol–water partition coefficient (Wildman–Crippen LogP) is 0.865. The number of benzene rings is 1. The van der Waals surface area contributed by atoms with Crippen LogP contribution >= 0.6 is 0 Å². The van der Waals surface area contributed by atoms with E-state index in [4.69, 9.17) is 5.11 Å². The van der Waals surface area contributed by atoms with Gasteiger partial charge in [-0.15, -0.1) is 0 Å². The molecule has 2 rings (SSSR count). The number of nitrogens with one attached hydrogen (secondary N) is 2. The van der Waals surface area contributed by atoms with Crippen LogP contribution in [0.25, 0.3) is 0 Å². The Bertz CT molecular complexity index is 789. The van der Waals surface area contributed by atoms with Gasteiger partial charge >= 0.3 is 5.97 Å². The van der Waals surface area contributed by atoms with Crippen molar-refractivity contribution < 1.29 is 27.1 Å². The molecule has 1 aromatic carbocycles. The van der Waals surface area contributed by atoms with E-state index in [1.807, 2.05) is 4.72 Å². The molecule has 0 atom stereocenters. The van der Waals surface area contributed by atoms with Crippen molar-refractivity contribution in [3.63, 3.8) is 0 Å². The number of hydrogen-bond acceptors (Lipinski definition) is 4. The molecule has 0 unspecified atom stereocenters. The van der Waals surface area contributed by atoms with Crippen molar-refractivity contribution in [1.82, 2.24) is 14.9 Å². The molecular weight excluding hydrogens is 308 g/mol. The van der Waals surface area contributed by atoms with E-state index >= 15 is 0 Å². The van der Waals surface area contributed by atoms with E-state index in [9.17, 15) is 22.0 Å². The number of carboxylic acids is 1. The molecule has 112 valence electrons. The van der Waals surface area contributed by atoms with E-state index in [-0.39, 0.29) is 5.56 Å². The van der Waals surface area contributed by atoms with Crippen molar-refractivity contribution in [2.75, 3.05) is 0 Å². The number of halogens is 2. The zero-order chi connectivity index (χ0) is 15.6. The standard InChI is InChI=1S/C11H9F2N3O4S/c12-7-2-1-6(9(13)3-7)4-15-21(19,20)10-8(11(17)18)5-14-16-10/h1-3,5,15H,4H2,(H,14,16)(H,17,18). The van der Waals surface area contributed by atoms with Gasteiger partial charge in [-0.25, -0.2) is 26.7 Å². The second kappa shape index (κ2) is 5.58. The Balaban J connectivity index is 2.22. The summed E-state index contributed by atoms with van der Waals surface area (Å²) in [6.07, 6.45) is 0.843. The molecule has 2 aromatic rings. The normalized spacial score (nSPS) is 11.5. The lowest BCUT2D eigenvalue weighted by molar-refractivity contribution is 0.0692. The van der Waals surface area contributed by atoms with Crippen LogP contribution in [-0.2, 0) is 16.6 Å². The molecule has 21 heavy (non-hydrogen) atoms. The fraction of sp³-hybridized carbons (Fsp3) is 0.0909. The van der Waals surface area contributed by atoms with E-state index in [0.29, 0.717) is 6.07 Å². The second-order valence-electron chi connectivity index (χ2n) is 3.98. The maximum Gasteiger partial charge on any atom is 0.340 e. The highest BCUT2D eigenvalue weighted by Gasteiger charge is 2.24. The van der Waals surface area contributed by atoms with Crippen LogP contribution in [0.2, 0.25) is 0 Å². The number of hydrogen-bond donors (Lipinski definition) is 3. The van der Waals surface area contributed by atoms with Gasteiger partial charge in [-0.05, 0) is 6.07 Å². The van der Waals surface area contributed by atoms with E-state index < -0.39 is 44.8 Å². The molecular formula is C11H9F2N3O4S. The molecule has 0 aliphatic heterocycles. The molecule has 0 amide bonds. The second-order valence-corrected chi connectivity index (χ2v) is 5.68. The number of carboxylic acid groups (broad SMARTS) is 1. The smallest absolute Gasteiger partial charge is 0.340 e. The van der Waals surface area contributed by atoms with Gasteiger partial charge in [0.1, 0.15) is 17.2 Å². The van der Waals surface area contributed by atoms with Crippen LogP contribution in [0, 0.1) is 11.6 Å². The Morgan fingerprint density at radius 1 is 1.38 bits per heavy atom. The van der Waals surface area contributed by atoms with Gasteiger partial charge in [-0.3, -0.25) is 5.10 Å². The van der Waals surface area contributed by atoms with E-state index in [1.54, 1.807) is 0 Å². The maximum atomic E-state index is 13.4. The van der Waals surface area contributed by atoms with Gasteiger partial charge in [-0.2, -0.15) is 5.10 Å². The highest BCUT2D eigenvalue weighted by Crippen LogP contribution is 2.14. The lowest BCUT2D eigenvalue weighted by Gasteiger charge is -2.07. The average Bonchev–Trinajstić information content (AvgIpc) is 2.87. The minimum atomic E-state index is -4.23. The minimum absolute atomic E-state index is 0.0867. The molecule has 0 spiro atoms. The van der Waals surface area contributed by atoms with Crippen LogP contribution in [-0.4, -0.2) is 29.7 Å². The number of carbonyl (C=O) groups is 1. The predicted molar refractivity (Wildman–Crippen MR) is 65.9 cm³/mol. The Labute approximate surface area is 117 Å². The zero-order valence-corrected chi connectivity index (χ0v) is 11.1. The molecule has 0 fully saturated rings. The van der Waals surface area contributed by atoms with Crippen LogP contribution < -0.4 is 4.72 Å². The van der Waals surface area contributed by atoms with Gasteiger partial charge in [0.2, 0.25) is 0 Å². The number of rotatable bonds is 5. The van der Waals surface area contributed by atoms with E-state index in [2.05, 4.69) is 10.2 Å². The van der Waals surface area contributed by atoms with Gasteiger partial charge in [0.15, 0.2) is 5.03 Å². The van der Waals surface area contributed by atoms with Gasteiger partial charge in [0, 0.05) is 18.2 Å². The van der Waals surface area contributed by atoms with Gasteiger partial charge < -0.3 is 5.11 Å². The summed E-state index contributed by atoms with van der Waals surface area (Å²) in [6.45, 7) is -0.466. The highest BCUT2D eigenvalue weighted by molar-refractivity contribution is 7.89. The van der Waals surface area contributed by atoms with Crippen LogP contribution in [0.3, 0.4) is 0 Å². The van der Waals surface area contributed by atoms with Crippen molar-refractivity contribution in [1.29, 1.82) is 0 Å². The molecule has 0 aliphatic rings. The number of sulfonamides is 1. The number of H-pyrrole nitrogens is 1. The summed E-state index contributed by atoms with van der Waals surface area (Å²) in [7, 11) is -4.23. The summed E-state index contributed by atoms with van der Waals surface area (Å²) in [5.41, 5.74) is -0.626. The summed E-state index contributed by atoms with van der Waals surface area (Å²) in [4.78, 5) is 10.8. The van der Waals surface area contributed by atoms with Gasteiger partial charge in [0.25, 0.3) is 10.0 Å². The molecule has 10 heteroatoms. The summed E-state index contributed by atoms with van der Waals surface area (Å²) in [5.74, 6) is -3.18. The van der Waals surface area contributed by atoms with Crippen molar-refractivity contribution in [2.45, 2.75) is 11.6 Å². The van der Waals surface area contributed by atoms with Gasteiger partial charge in [0.05, 0.1) is 6.20 Å². The Morgan fingerprint density at radius 2 is 2.10 bits per heavy atom. The monoisotopic (exact) mass is 317 g/mol. The zero-order valence-electron chi connectivity index (χ0n) is 10.3. The molecule has 0 saturated heterocycles.